The summed E-state index contributed by atoms with van der Waals surface area (Å²) in [5, 5.41) is 9.27. The van der Waals surface area contributed by atoms with E-state index in [9.17, 15) is 14.7 Å². The molecule has 1 aromatic carbocycles. The zero-order valence-electron chi connectivity index (χ0n) is 11.6. The van der Waals surface area contributed by atoms with Gasteiger partial charge in [0, 0.05) is 11.4 Å². The highest BCUT2D eigenvalue weighted by Crippen LogP contribution is 2.21. The molecule has 6 nitrogen and oxygen atoms in total. The number of nitrogens with zero attached hydrogens (tertiary/aromatic N) is 2. The molecule has 0 aliphatic carbocycles. The van der Waals surface area contributed by atoms with Crippen LogP contribution in [0.15, 0.2) is 27.5 Å². The van der Waals surface area contributed by atoms with Crippen LogP contribution in [-0.4, -0.2) is 20.6 Å². The van der Waals surface area contributed by atoms with E-state index in [-0.39, 0.29) is 17.8 Å². The first kappa shape index (κ1) is 15.2. The molecular weight excluding hydrogens is 338 g/mol. The van der Waals surface area contributed by atoms with Crippen molar-refractivity contribution in [3.8, 4) is 0 Å². The molecule has 0 saturated carbocycles. The minimum absolute atomic E-state index is 0.0143. The second-order valence-electron chi connectivity index (χ2n) is 4.65. The molecule has 0 unspecified atom stereocenters. The quantitative estimate of drug-likeness (QED) is 0.823. The van der Waals surface area contributed by atoms with Gasteiger partial charge in [-0.25, -0.2) is 9.59 Å². The number of hydrogen-bond acceptors (Lipinski definition) is 4. The van der Waals surface area contributed by atoms with E-state index in [0.29, 0.717) is 17.0 Å². The lowest BCUT2D eigenvalue weighted by atomic mass is 10.1. The van der Waals surface area contributed by atoms with E-state index in [1.807, 2.05) is 0 Å². The number of halogens is 1. The van der Waals surface area contributed by atoms with Crippen LogP contribution in [0.3, 0.4) is 0 Å². The summed E-state index contributed by atoms with van der Waals surface area (Å²) in [5.74, 6) is -1.12. The standard InChI is InChI=1S/C14H14BrN3O3/c1-7-12(15)8(2)18(14(21)17-7)6-9-4-3-5-10(16)11(9)13(19)20/h3-5H,6,16H2,1-2H3,(H,19,20). The fourth-order valence-corrected chi connectivity index (χ4v) is 2.45. The molecule has 0 aliphatic heterocycles. The van der Waals surface area contributed by atoms with Crippen LogP contribution in [0.5, 0.6) is 0 Å². The second-order valence-corrected chi connectivity index (χ2v) is 5.44. The van der Waals surface area contributed by atoms with Crippen LogP contribution in [0.25, 0.3) is 0 Å². The summed E-state index contributed by atoms with van der Waals surface area (Å²) in [6.07, 6.45) is 0. The van der Waals surface area contributed by atoms with Crippen molar-refractivity contribution < 1.29 is 9.90 Å². The maximum atomic E-state index is 12.0. The highest BCUT2D eigenvalue weighted by molar-refractivity contribution is 9.10. The van der Waals surface area contributed by atoms with Gasteiger partial charge in [-0.3, -0.25) is 4.57 Å². The number of nitrogens with two attached hydrogens (primary N) is 1. The first-order valence-electron chi connectivity index (χ1n) is 6.17. The normalized spacial score (nSPS) is 10.6. The molecule has 0 saturated heterocycles. The van der Waals surface area contributed by atoms with Crippen molar-refractivity contribution in [1.29, 1.82) is 0 Å². The predicted molar refractivity (Wildman–Crippen MR) is 82.6 cm³/mol. The summed E-state index contributed by atoms with van der Waals surface area (Å²) in [5.41, 5.74) is 7.22. The van der Waals surface area contributed by atoms with E-state index in [4.69, 9.17) is 5.73 Å². The van der Waals surface area contributed by atoms with E-state index in [1.165, 1.54) is 10.6 Å². The van der Waals surface area contributed by atoms with Gasteiger partial charge in [-0.05, 0) is 41.4 Å². The summed E-state index contributed by atoms with van der Waals surface area (Å²) < 4.78 is 2.14. The molecule has 2 rings (SSSR count). The second kappa shape index (κ2) is 5.69. The summed E-state index contributed by atoms with van der Waals surface area (Å²) in [6.45, 7) is 3.60. The Labute approximate surface area is 129 Å². The van der Waals surface area contributed by atoms with Crippen molar-refractivity contribution >= 4 is 27.6 Å². The van der Waals surface area contributed by atoms with Gasteiger partial charge in [0.1, 0.15) is 0 Å². The Morgan fingerprint density at radius 3 is 2.71 bits per heavy atom. The van der Waals surface area contributed by atoms with E-state index < -0.39 is 11.7 Å². The van der Waals surface area contributed by atoms with Crippen molar-refractivity contribution in [3.05, 3.63) is 55.7 Å². The van der Waals surface area contributed by atoms with Gasteiger partial charge < -0.3 is 10.8 Å². The smallest absolute Gasteiger partial charge is 0.348 e. The van der Waals surface area contributed by atoms with E-state index >= 15 is 0 Å². The lowest BCUT2D eigenvalue weighted by molar-refractivity contribution is 0.0696. The minimum Gasteiger partial charge on any atom is -0.478 e. The maximum Gasteiger partial charge on any atom is 0.348 e. The third-order valence-electron chi connectivity index (χ3n) is 3.26. The topological polar surface area (TPSA) is 98.2 Å². The molecule has 0 bridgehead atoms. The Kier molecular flexibility index (Phi) is 4.13. The first-order valence-corrected chi connectivity index (χ1v) is 6.96. The third-order valence-corrected chi connectivity index (χ3v) is 4.41. The van der Waals surface area contributed by atoms with Crippen molar-refractivity contribution in [1.82, 2.24) is 9.55 Å². The number of aromatic carboxylic acids is 1. The number of carboxylic acids is 1. The van der Waals surface area contributed by atoms with Gasteiger partial charge in [0.05, 0.1) is 22.3 Å². The summed E-state index contributed by atoms with van der Waals surface area (Å²) in [4.78, 5) is 27.3. The van der Waals surface area contributed by atoms with Crippen molar-refractivity contribution in [2.75, 3.05) is 5.73 Å². The molecule has 0 fully saturated rings. The van der Waals surface area contributed by atoms with Gasteiger partial charge in [-0.2, -0.15) is 4.98 Å². The van der Waals surface area contributed by atoms with Crippen LogP contribution in [0, 0.1) is 13.8 Å². The SMILES string of the molecule is Cc1nc(=O)n(Cc2cccc(N)c2C(=O)O)c(C)c1Br. The monoisotopic (exact) mass is 351 g/mol. The van der Waals surface area contributed by atoms with Gasteiger partial charge in [0.15, 0.2) is 0 Å². The zero-order valence-corrected chi connectivity index (χ0v) is 13.1. The van der Waals surface area contributed by atoms with E-state index in [1.54, 1.807) is 26.0 Å². The molecule has 0 radical (unpaired) electrons. The van der Waals surface area contributed by atoms with Crippen molar-refractivity contribution in [2.45, 2.75) is 20.4 Å². The van der Waals surface area contributed by atoms with Crippen LogP contribution < -0.4 is 11.4 Å². The Bertz CT molecular complexity index is 784. The Morgan fingerprint density at radius 1 is 1.43 bits per heavy atom. The number of aromatic nitrogens is 2. The number of aryl methyl sites for hydroxylation is 1. The largest absolute Gasteiger partial charge is 0.478 e. The minimum atomic E-state index is -1.12. The van der Waals surface area contributed by atoms with Crippen LogP contribution >= 0.6 is 15.9 Å². The molecule has 0 spiro atoms. The van der Waals surface area contributed by atoms with Gasteiger partial charge in [0.2, 0.25) is 0 Å². The molecular formula is C14H14BrN3O3. The number of nitrogen functional groups attached to an aromatic ring is 1. The molecule has 0 amide bonds. The molecule has 21 heavy (non-hydrogen) atoms. The predicted octanol–water partition coefficient (Wildman–Crippen LogP) is 1.95. The lowest BCUT2D eigenvalue weighted by Gasteiger charge is -2.14. The first-order chi connectivity index (χ1) is 9.82. The third kappa shape index (κ3) is 2.82. The number of anilines is 1. The van der Waals surface area contributed by atoms with Gasteiger partial charge in [-0.1, -0.05) is 12.1 Å². The lowest BCUT2D eigenvalue weighted by Crippen LogP contribution is -2.27. The number of rotatable bonds is 3. The average Bonchev–Trinajstić information content (AvgIpc) is 2.41. The van der Waals surface area contributed by atoms with Crippen molar-refractivity contribution in [3.63, 3.8) is 0 Å². The Hall–Kier alpha value is -2.15. The molecule has 3 N–H and O–H groups in total. The van der Waals surface area contributed by atoms with Gasteiger partial charge >= 0.3 is 11.7 Å². The zero-order chi connectivity index (χ0) is 15.7. The Morgan fingerprint density at radius 2 is 2.10 bits per heavy atom. The summed E-state index contributed by atoms with van der Waals surface area (Å²) in [6, 6.07) is 4.82. The summed E-state index contributed by atoms with van der Waals surface area (Å²) in [7, 11) is 0. The van der Waals surface area contributed by atoms with Gasteiger partial charge in [-0.15, -0.1) is 0 Å². The van der Waals surface area contributed by atoms with E-state index in [0.717, 1.165) is 4.47 Å². The molecule has 1 aromatic heterocycles. The Balaban J connectivity index is 2.60. The number of carboxylic acid groups (broad SMARTS) is 1. The number of benzene rings is 1. The fourth-order valence-electron chi connectivity index (χ4n) is 2.15. The average molecular weight is 352 g/mol. The van der Waals surface area contributed by atoms with Crippen LogP contribution in [0.1, 0.15) is 27.3 Å². The van der Waals surface area contributed by atoms with Crippen LogP contribution in [0.2, 0.25) is 0 Å². The van der Waals surface area contributed by atoms with E-state index in [2.05, 4.69) is 20.9 Å². The fraction of sp³-hybridized carbons (Fsp3) is 0.214. The van der Waals surface area contributed by atoms with Crippen LogP contribution in [0.4, 0.5) is 5.69 Å². The molecule has 0 aliphatic rings. The maximum absolute atomic E-state index is 12.0. The number of hydrogen-bond donors (Lipinski definition) is 2. The van der Waals surface area contributed by atoms with Crippen molar-refractivity contribution in [2.24, 2.45) is 0 Å². The molecule has 1 heterocycles. The molecule has 7 heteroatoms. The summed E-state index contributed by atoms with van der Waals surface area (Å²) >= 11 is 3.38. The van der Waals surface area contributed by atoms with Gasteiger partial charge in [0.25, 0.3) is 0 Å². The number of carbonyl (C=O) groups is 1. The highest BCUT2D eigenvalue weighted by Gasteiger charge is 2.16. The molecule has 0 atom stereocenters. The molecule has 2 aromatic rings. The molecule has 110 valence electrons. The highest BCUT2D eigenvalue weighted by atomic mass is 79.9. The van der Waals surface area contributed by atoms with Crippen LogP contribution in [-0.2, 0) is 6.54 Å².